The standard InChI is InChI=1S/C20H23FN10O10P2S2/c21-8-12-7(39-18(8)30-4-26-9-14(22)24-3-25-15(9)30)2-37-43(35,45)41-13-11(32)6(1-36-42(34,44)40-12)38-19(13)31-5-27-10-16(31)28-20(23)29-17(10)33/h3-8,11-13,18-19,32H,1-2H2,(H,34,44)(H,35,45)(H2,22,24,25)(H3,23,28,29,33)/t6?,7?,8?,11?,12?,13?,18?,19?,42-,43-/m0/s1. The first-order chi connectivity index (χ1) is 21.3. The van der Waals surface area contributed by atoms with Crippen LogP contribution in [-0.4, -0.2) is 94.0 Å². The number of aromatic nitrogens is 8. The second-order valence-corrected chi connectivity index (χ2v) is 15.8. The van der Waals surface area contributed by atoms with Crippen molar-refractivity contribution in [2.75, 3.05) is 24.7 Å². The van der Waals surface area contributed by atoms with Crippen molar-refractivity contribution in [3.8, 4) is 0 Å². The lowest BCUT2D eigenvalue weighted by Crippen LogP contribution is -2.35. The van der Waals surface area contributed by atoms with Crippen molar-refractivity contribution in [3.05, 3.63) is 29.3 Å². The zero-order valence-electron chi connectivity index (χ0n) is 22.3. The lowest BCUT2D eigenvalue weighted by atomic mass is 10.1. The van der Waals surface area contributed by atoms with E-state index in [1.165, 1.54) is 21.8 Å². The van der Waals surface area contributed by atoms with Gasteiger partial charge in [-0.3, -0.25) is 37.0 Å². The van der Waals surface area contributed by atoms with Crippen LogP contribution in [0.2, 0.25) is 0 Å². The van der Waals surface area contributed by atoms with Crippen LogP contribution in [0.5, 0.6) is 0 Å². The van der Waals surface area contributed by atoms with E-state index >= 15 is 4.39 Å². The SMILES string of the molecule is Nc1nc2c(ncn2C2OC3CO[P@](=O)(S)OC4C(CO[P@](=O)(S)OC2C3O)OC(n2cnc3c(N)ncnc32)C4F)c(=O)[nH]1. The van der Waals surface area contributed by atoms with Gasteiger partial charge in [0, 0.05) is 0 Å². The first-order valence-corrected chi connectivity index (χ1v) is 18.3. The molecule has 2 bridgehead atoms. The maximum absolute atomic E-state index is 16.0. The van der Waals surface area contributed by atoms with E-state index in [0.29, 0.717) is 0 Å². The van der Waals surface area contributed by atoms with Gasteiger partial charge in [-0.1, -0.05) is 24.5 Å². The molecule has 45 heavy (non-hydrogen) atoms. The molecule has 3 saturated heterocycles. The van der Waals surface area contributed by atoms with E-state index in [1.54, 1.807) is 0 Å². The number of rotatable bonds is 2. The molecule has 0 amide bonds. The van der Waals surface area contributed by atoms with Crippen molar-refractivity contribution in [2.24, 2.45) is 0 Å². The molecule has 0 aromatic carbocycles. The molecule has 0 spiro atoms. The van der Waals surface area contributed by atoms with Crippen LogP contribution in [0.25, 0.3) is 22.3 Å². The van der Waals surface area contributed by atoms with Gasteiger partial charge in [0.05, 0.1) is 25.9 Å². The Morgan fingerprint density at radius 3 is 2.27 bits per heavy atom. The predicted octanol–water partition coefficient (Wildman–Crippen LogP) is 0.511. The highest BCUT2D eigenvalue weighted by Gasteiger charge is 2.54. The third-order valence-electron chi connectivity index (χ3n) is 7.28. The van der Waals surface area contributed by atoms with Gasteiger partial charge in [0.15, 0.2) is 41.3 Å². The summed E-state index contributed by atoms with van der Waals surface area (Å²) in [6.07, 6.45) is -8.75. The average molecular weight is 709 g/mol. The molecule has 3 aliphatic rings. The van der Waals surface area contributed by atoms with E-state index < -0.39 is 81.5 Å². The molecule has 4 aromatic heterocycles. The fraction of sp³-hybridized carbons (Fsp3) is 0.500. The normalized spacial score (nSPS) is 37.7. The Labute approximate surface area is 260 Å². The first kappa shape index (κ1) is 30.9. The highest BCUT2D eigenvalue weighted by Crippen LogP contribution is 2.60. The summed E-state index contributed by atoms with van der Waals surface area (Å²) < 4.78 is 79.0. The number of alkyl halides is 1. The van der Waals surface area contributed by atoms with Gasteiger partial charge in [-0.15, -0.1) is 0 Å². The van der Waals surface area contributed by atoms with Gasteiger partial charge in [-0.2, -0.15) is 4.98 Å². The second-order valence-electron chi connectivity index (χ2n) is 10.1. The lowest BCUT2D eigenvalue weighted by molar-refractivity contribution is -0.0568. The Bertz CT molecular complexity index is 1950. The molecule has 0 saturated carbocycles. The number of hydrogen-bond donors (Lipinski definition) is 6. The quantitative estimate of drug-likeness (QED) is 0.122. The molecule has 8 unspecified atom stereocenters. The van der Waals surface area contributed by atoms with E-state index in [2.05, 4.69) is 54.4 Å². The van der Waals surface area contributed by atoms with Crippen LogP contribution in [0.4, 0.5) is 16.2 Å². The number of aliphatic hydroxyl groups is 1. The van der Waals surface area contributed by atoms with Crippen molar-refractivity contribution < 1.29 is 46.2 Å². The molecular formula is C20H23FN10O10P2S2. The highest BCUT2D eigenvalue weighted by molar-refractivity contribution is 8.44. The molecule has 4 aromatic rings. The molecule has 6 N–H and O–H groups in total. The van der Waals surface area contributed by atoms with Crippen molar-refractivity contribution in [1.82, 2.24) is 39.0 Å². The summed E-state index contributed by atoms with van der Waals surface area (Å²) in [6, 6.07) is 0. The van der Waals surface area contributed by atoms with Gasteiger partial charge in [0.1, 0.15) is 42.4 Å². The van der Waals surface area contributed by atoms with Crippen LogP contribution in [0, 0.1) is 0 Å². The molecule has 25 heteroatoms. The minimum absolute atomic E-state index is 0.0443. The summed E-state index contributed by atoms with van der Waals surface area (Å²) in [7, 11) is 0. The summed E-state index contributed by atoms with van der Waals surface area (Å²) in [5.41, 5.74) is 11.0. The number of nitrogen functional groups attached to an aromatic ring is 2. The van der Waals surface area contributed by atoms with Gasteiger partial charge in [0.25, 0.3) is 5.56 Å². The molecule has 7 heterocycles. The molecule has 20 nitrogen and oxygen atoms in total. The Balaban J connectivity index is 1.21. The number of nitrogens with one attached hydrogen (secondary N) is 1. The third kappa shape index (κ3) is 5.54. The van der Waals surface area contributed by atoms with Crippen molar-refractivity contribution in [1.29, 1.82) is 0 Å². The molecule has 242 valence electrons. The van der Waals surface area contributed by atoms with Crippen molar-refractivity contribution >= 4 is 72.2 Å². The molecule has 3 aliphatic heterocycles. The Morgan fingerprint density at radius 1 is 0.911 bits per heavy atom. The number of nitrogens with zero attached hydrogens (tertiary/aromatic N) is 7. The van der Waals surface area contributed by atoms with Gasteiger partial charge >= 0.3 is 13.6 Å². The van der Waals surface area contributed by atoms with Crippen LogP contribution >= 0.6 is 38.1 Å². The predicted molar refractivity (Wildman–Crippen MR) is 156 cm³/mol. The molecule has 10 atom stereocenters. The molecule has 3 fully saturated rings. The minimum atomic E-state index is -4.42. The number of aromatic amines is 1. The monoisotopic (exact) mass is 708 g/mol. The van der Waals surface area contributed by atoms with E-state index in [1.807, 2.05) is 0 Å². The number of thiol groups is 2. The zero-order valence-corrected chi connectivity index (χ0v) is 25.9. The molecule has 0 aliphatic carbocycles. The van der Waals surface area contributed by atoms with E-state index in [9.17, 15) is 19.0 Å². The zero-order chi connectivity index (χ0) is 31.8. The molecule has 7 rings (SSSR count). The number of ether oxygens (including phenoxy) is 2. The molecule has 0 radical (unpaired) electrons. The van der Waals surface area contributed by atoms with Gasteiger partial charge < -0.3 is 26.0 Å². The van der Waals surface area contributed by atoms with Crippen LogP contribution < -0.4 is 17.0 Å². The smallest absolute Gasteiger partial charge is 0.386 e. The van der Waals surface area contributed by atoms with Crippen LogP contribution in [-0.2, 0) is 36.7 Å². The summed E-state index contributed by atoms with van der Waals surface area (Å²) in [4.78, 5) is 34.7. The van der Waals surface area contributed by atoms with E-state index in [4.69, 9.17) is 39.0 Å². The largest absolute Gasteiger partial charge is 0.387 e. The van der Waals surface area contributed by atoms with Crippen molar-refractivity contribution in [2.45, 2.75) is 49.1 Å². The Morgan fingerprint density at radius 2 is 1.53 bits per heavy atom. The molecular weight excluding hydrogens is 685 g/mol. The Hall–Kier alpha value is -2.69. The number of fused-ring (bicyclic) bond motifs is 5. The fourth-order valence-corrected chi connectivity index (χ4v) is 8.20. The topological polar surface area (TPSA) is 269 Å². The highest BCUT2D eigenvalue weighted by atomic mass is 32.7. The summed E-state index contributed by atoms with van der Waals surface area (Å²) >= 11 is 8.03. The van der Waals surface area contributed by atoms with E-state index in [0.717, 1.165) is 6.33 Å². The first-order valence-electron chi connectivity index (χ1n) is 12.9. The number of anilines is 2. The van der Waals surface area contributed by atoms with Gasteiger partial charge in [-0.25, -0.2) is 33.5 Å². The van der Waals surface area contributed by atoms with Gasteiger partial charge in [0.2, 0.25) is 5.95 Å². The number of imidazole rings is 2. The van der Waals surface area contributed by atoms with Crippen molar-refractivity contribution in [3.63, 3.8) is 0 Å². The number of nitrogens with two attached hydrogens (primary N) is 2. The maximum atomic E-state index is 16.0. The summed E-state index contributed by atoms with van der Waals surface area (Å²) in [5, 5.41) is 11.1. The average Bonchev–Trinajstić information content (AvgIpc) is 3.72. The number of halogens is 1. The van der Waals surface area contributed by atoms with Gasteiger partial charge in [-0.05, 0) is 0 Å². The number of aliphatic hydroxyl groups excluding tert-OH is 1. The summed E-state index contributed by atoms with van der Waals surface area (Å²) in [6.45, 7) is -10.1. The lowest BCUT2D eigenvalue weighted by Gasteiger charge is -2.26. The number of H-pyrrole nitrogens is 1. The van der Waals surface area contributed by atoms with Crippen LogP contribution in [0.1, 0.15) is 12.5 Å². The number of hydrogen-bond acceptors (Lipinski definition) is 17. The third-order valence-corrected chi connectivity index (χ3v) is 10.5. The minimum Gasteiger partial charge on any atom is -0.387 e. The van der Waals surface area contributed by atoms with E-state index in [-0.39, 0.29) is 34.1 Å². The Kier molecular flexibility index (Phi) is 7.72. The second kappa shape index (κ2) is 11.2. The maximum Gasteiger partial charge on any atom is 0.386 e. The summed E-state index contributed by atoms with van der Waals surface area (Å²) in [5.74, 6) is -0.193. The fourth-order valence-electron chi connectivity index (χ4n) is 5.26. The van der Waals surface area contributed by atoms with Crippen LogP contribution in [0.15, 0.2) is 23.8 Å². The van der Waals surface area contributed by atoms with Crippen LogP contribution in [0.3, 0.4) is 0 Å².